The van der Waals surface area contributed by atoms with E-state index >= 15 is 0 Å². The van der Waals surface area contributed by atoms with Crippen molar-refractivity contribution in [3.05, 3.63) is 60.3 Å². The van der Waals surface area contributed by atoms with Crippen molar-refractivity contribution >= 4 is 16.8 Å². The lowest BCUT2D eigenvalue weighted by molar-refractivity contribution is -0.121. The smallest absolute Gasteiger partial charge is 0.220 e. The van der Waals surface area contributed by atoms with Gasteiger partial charge in [0.2, 0.25) is 5.91 Å². The van der Waals surface area contributed by atoms with Crippen molar-refractivity contribution < 1.29 is 4.79 Å². The highest BCUT2D eigenvalue weighted by Gasteiger charge is 2.10. The fourth-order valence-corrected chi connectivity index (χ4v) is 2.73. The number of aromatic nitrogens is 3. The fraction of sp³-hybridized carbons (Fsp3) is 0.278. The van der Waals surface area contributed by atoms with Crippen LogP contribution in [0.4, 0.5) is 0 Å². The van der Waals surface area contributed by atoms with Crippen molar-refractivity contribution in [2.45, 2.75) is 32.2 Å². The summed E-state index contributed by atoms with van der Waals surface area (Å²) in [6.45, 7) is 1.98. The van der Waals surface area contributed by atoms with Gasteiger partial charge in [-0.15, -0.1) is 0 Å². The molecule has 0 aliphatic rings. The minimum atomic E-state index is 0.0437. The van der Waals surface area contributed by atoms with Gasteiger partial charge in [0.25, 0.3) is 0 Å². The van der Waals surface area contributed by atoms with Gasteiger partial charge >= 0.3 is 0 Å². The number of H-pyrrole nitrogens is 1. The first kappa shape index (κ1) is 15.2. The Hall–Kier alpha value is -2.69. The van der Waals surface area contributed by atoms with E-state index in [9.17, 15) is 4.79 Å². The number of amides is 1. The Morgan fingerprint density at radius 1 is 1.30 bits per heavy atom. The molecule has 0 aliphatic heterocycles. The second-order valence-electron chi connectivity index (χ2n) is 5.73. The van der Waals surface area contributed by atoms with Crippen molar-refractivity contribution in [3.8, 4) is 0 Å². The summed E-state index contributed by atoms with van der Waals surface area (Å²) in [5, 5.41) is 4.21. The molecule has 2 N–H and O–H groups in total. The predicted octanol–water partition coefficient (Wildman–Crippen LogP) is 2.64. The summed E-state index contributed by atoms with van der Waals surface area (Å²) >= 11 is 0. The van der Waals surface area contributed by atoms with Crippen LogP contribution in [0.5, 0.6) is 0 Å². The van der Waals surface area contributed by atoms with E-state index < -0.39 is 0 Å². The van der Waals surface area contributed by atoms with Gasteiger partial charge in [-0.1, -0.05) is 18.2 Å². The highest BCUT2D eigenvalue weighted by Crippen LogP contribution is 2.18. The number of rotatable bonds is 6. The van der Waals surface area contributed by atoms with Crippen LogP contribution >= 0.6 is 0 Å². The molecule has 23 heavy (non-hydrogen) atoms. The largest absolute Gasteiger partial charge is 0.361 e. The molecule has 0 saturated heterocycles. The number of carbonyl (C=O) groups is 1. The zero-order chi connectivity index (χ0) is 16.1. The van der Waals surface area contributed by atoms with Gasteiger partial charge in [-0.2, -0.15) is 0 Å². The van der Waals surface area contributed by atoms with E-state index in [1.54, 1.807) is 18.6 Å². The van der Waals surface area contributed by atoms with Crippen molar-refractivity contribution in [3.63, 3.8) is 0 Å². The quantitative estimate of drug-likeness (QED) is 0.735. The molecule has 0 spiro atoms. The molecule has 0 aliphatic carbocycles. The number of carbonyl (C=O) groups excluding carboxylic acids is 1. The molecule has 5 heteroatoms. The highest BCUT2D eigenvalue weighted by molar-refractivity contribution is 5.84. The Morgan fingerprint density at radius 2 is 2.17 bits per heavy atom. The molecule has 1 aromatic carbocycles. The van der Waals surface area contributed by atoms with E-state index in [2.05, 4.69) is 26.3 Å². The Bertz CT molecular complexity index is 782. The second-order valence-corrected chi connectivity index (χ2v) is 5.73. The number of aromatic amines is 1. The van der Waals surface area contributed by atoms with E-state index in [-0.39, 0.29) is 11.9 Å². The molecular formula is C18H20N4O. The average Bonchev–Trinajstić information content (AvgIpc) is 2.97. The zero-order valence-corrected chi connectivity index (χ0v) is 13.1. The number of para-hydroxylation sites is 1. The number of nitrogens with one attached hydrogen (secondary N) is 2. The molecule has 2 heterocycles. The molecular weight excluding hydrogens is 288 g/mol. The molecule has 0 unspecified atom stereocenters. The van der Waals surface area contributed by atoms with E-state index in [1.807, 2.05) is 31.3 Å². The summed E-state index contributed by atoms with van der Waals surface area (Å²) in [7, 11) is 0. The van der Waals surface area contributed by atoms with Crippen LogP contribution in [0.1, 0.15) is 24.6 Å². The van der Waals surface area contributed by atoms with E-state index in [0.29, 0.717) is 12.8 Å². The molecule has 3 rings (SSSR count). The maximum atomic E-state index is 12.1. The fourth-order valence-electron chi connectivity index (χ4n) is 2.73. The molecule has 5 nitrogen and oxygen atoms in total. The van der Waals surface area contributed by atoms with E-state index in [0.717, 1.165) is 17.6 Å². The topological polar surface area (TPSA) is 70.7 Å². The third kappa shape index (κ3) is 3.94. The molecule has 0 saturated carbocycles. The van der Waals surface area contributed by atoms with Gasteiger partial charge in [-0.25, -0.2) is 0 Å². The van der Waals surface area contributed by atoms with Crippen molar-refractivity contribution in [1.82, 2.24) is 20.3 Å². The van der Waals surface area contributed by atoms with Gasteiger partial charge in [-0.3, -0.25) is 14.8 Å². The maximum absolute atomic E-state index is 12.1. The third-order valence-electron chi connectivity index (χ3n) is 3.84. The molecule has 0 fully saturated rings. The summed E-state index contributed by atoms with van der Waals surface area (Å²) in [4.78, 5) is 23.6. The monoisotopic (exact) mass is 308 g/mol. The second kappa shape index (κ2) is 7.05. The van der Waals surface area contributed by atoms with Crippen LogP contribution in [-0.2, 0) is 17.6 Å². The van der Waals surface area contributed by atoms with E-state index in [1.165, 1.54) is 10.9 Å². The zero-order valence-electron chi connectivity index (χ0n) is 13.1. The summed E-state index contributed by atoms with van der Waals surface area (Å²) in [5.74, 6) is 0.0617. The van der Waals surface area contributed by atoms with Crippen molar-refractivity contribution in [2.24, 2.45) is 0 Å². The summed E-state index contributed by atoms with van der Waals surface area (Å²) in [6.07, 6.45) is 8.93. The van der Waals surface area contributed by atoms with Crippen molar-refractivity contribution in [2.75, 3.05) is 0 Å². The first-order valence-electron chi connectivity index (χ1n) is 7.81. The van der Waals surface area contributed by atoms with Gasteiger partial charge in [0.15, 0.2) is 0 Å². The summed E-state index contributed by atoms with van der Waals surface area (Å²) in [5.41, 5.74) is 3.17. The number of nitrogens with zero attached hydrogens (tertiary/aromatic N) is 2. The van der Waals surface area contributed by atoms with Gasteiger partial charge in [-0.05, 0) is 25.0 Å². The van der Waals surface area contributed by atoms with Crippen LogP contribution in [0.25, 0.3) is 10.9 Å². The standard InChI is InChI=1S/C18H20N4O/c1-13(10-15-12-19-8-9-20-15)22-18(23)7-6-14-11-21-17-5-3-2-4-16(14)17/h2-5,8-9,11-13,21H,6-7,10H2,1H3,(H,22,23)/t13-/m0/s1. The SMILES string of the molecule is C[C@@H](Cc1cnccn1)NC(=O)CCc1c[nH]c2ccccc12. The average molecular weight is 308 g/mol. The van der Waals surface area contributed by atoms with Crippen LogP contribution < -0.4 is 5.32 Å². The number of benzene rings is 1. The van der Waals surface area contributed by atoms with Crippen LogP contribution in [0.3, 0.4) is 0 Å². The molecule has 3 aromatic rings. The normalized spacial score (nSPS) is 12.2. The van der Waals surface area contributed by atoms with Gasteiger partial charge in [0.05, 0.1) is 5.69 Å². The molecule has 118 valence electrons. The summed E-state index contributed by atoms with van der Waals surface area (Å²) < 4.78 is 0. The Labute approximate surface area is 135 Å². The molecule has 1 amide bonds. The number of hydrogen-bond acceptors (Lipinski definition) is 3. The predicted molar refractivity (Wildman–Crippen MR) is 90.0 cm³/mol. The van der Waals surface area contributed by atoms with Crippen LogP contribution in [0.15, 0.2) is 49.1 Å². The van der Waals surface area contributed by atoms with Crippen LogP contribution in [-0.4, -0.2) is 26.9 Å². The van der Waals surface area contributed by atoms with E-state index in [4.69, 9.17) is 0 Å². The minimum absolute atomic E-state index is 0.0437. The van der Waals surface area contributed by atoms with Gasteiger partial charge in [0.1, 0.15) is 0 Å². The van der Waals surface area contributed by atoms with Crippen molar-refractivity contribution in [1.29, 1.82) is 0 Å². The minimum Gasteiger partial charge on any atom is -0.361 e. The summed E-state index contributed by atoms with van der Waals surface area (Å²) in [6, 6.07) is 8.19. The lowest BCUT2D eigenvalue weighted by Gasteiger charge is -2.13. The maximum Gasteiger partial charge on any atom is 0.220 e. The Morgan fingerprint density at radius 3 is 3.00 bits per heavy atom. The van der Waals surface area contributed by atoms with Crippen LogP contribution in [0, 0.1) is 0 Å². The molecule has 0 bridgehead atoms. The van der Waals surface area contributed by atoms with Gasteiger partial charge < -0.3 is 10.3 Å². The molecule has 0 radical (unpaired) electrons. The lowest BCUT2D eigenvalue weighted by atomic mass is 10.1. The molecule has 1 atom stereocenters. The Kier molecular flexibility index (Phi) is 4.66. The number of aryl methyl sites for hydroxylation is 1. The van der Waals surface area contributed by atoms with Gasteiger partial charge in [0, 0.05) is 54.6 Å². The first-order valence-corrected chi connectivity index (χ1v) is 7.81. The Balaban J connectivity index is 1.51. The number of hydrogen-bond donors (Lipinski definition) is 2. The third-order valence-corrected chi connectivity index (χ3v) is 3.84. The first-order chi connectivity index (χ1) is 11.2. The lowest BCUT2D eigenvalue weighted by Crippen LogP contribution is -2.34. The molecule has 2 aromatic heterocycles. The number of fused-ring (bicyclic) bond motifs is 1. The van der Waals surface area contributed by atoms with Crippen LogP contribution in [0.2, 0.25) is 0 Å². The highest BCUT2D eigenvalue weighted by atomic mass is 16.1.